The zero-order valence-electron chi connectivity index (χ0n) is 18.3. The van der Waals surface area contributed by atoms with Crippen LogP contribution in [0.4, 0.5) is 11.4 Å². The molecular weight excluding hydrogens is 444 g/mol. The van der Waals surface area contributed by atoms with Gasteiger partial charge in [-0.3, -0.25) is 9.59 Å². The van der Waals surface area contributed by atoms with Crippen molar-refractivity contribution in [3.63, 3.8) is 0 Å². The van der Waals surface area contributed by atoms with E-state index in [1.807, 2.05) is 6.92 Å². The van der Waals surface area contributed by atoms with Gasteiger partial charge < -0.3 is 20.1 Å². The van der Waals surface area contributed by atoms with Crippen LogP contribution in [0.2, 0.25) is 5.02 Å². The molecule has 170 valence electrons. The number of para-hydroxylation sites is 1. The quantitative estimate of drug-likeness (QED) is 0.473. The van der Waals surface area contributed by atoms with Crippen LogP contribution in [0.25, 0.3) is 0 Å². The predicted octanol–water partition coefficient (Wildman–Crippen LogP) is 5.09. The molecule has 0 aliphatic carbocycles. The molecule has 0 saturated heterocycles. The SMILES string of the molecule is COC(=O)c1ccccc1NC(=O)c1ccc(NC(=O)[C@@H](C)Oc2ccc(Cl)cc2C)cc1. The lowest BCUT2D eigenvalue weighted by Crippen LogP contribution is -2.30. The van der Waals surface area contributed by atoms with Gasteiger partial charge in [0.2, 0.25) is 0 Å². The predicted molar refractivity (Wildman–Crippen MR) is 127 cm³/mol. The van der Waals surface area contributed by atoms with Gasteiger partial charge in [-0.2, -0.15) is 0 Å². The minimum absolute atomic E-state index is 0.252. The number of amides is 2. The summed E-state index contributed by atoms with van der Waals surface area (Å²) in [6.45, 7) is 3.49. The minimum atomic E-state index is -0.748. The van der Waals surface area contributed by atoms with Crippen LogP contribution in [0, 0.1) is 6.92 Å². The van der Waals surface area contributed by atoms with E-state index in [1.165, 1.54) is 7.11 Å². The zero-order valence-corrected chi connectivity index (χ0v) is 19.1. The summed E-state index contributed by atoms with van der Waals surface area (Å²) < 4.78 is 10.5. The summed E-state index contributed by atoms with van der Waals surface area (Å²) in [4.78, 5) is 37.0. The fourth-order valence-electron chi connectivity index (χ4n) is 3.01. The summed E-state index contributed by atoms with van der Waals surface area (Å²) in [6, 6.07) is 18.1. The number of carbonyl (C=O) groups excluding carboxylic acids is 3. The number of benzene rings is 3. The lowest BCUT2D eigenvalue weighted by molar-refractivity contribution is -0.122. The molecule has 3 aromatic rings. The van der Waals surface area contributed by atoms with Crippen molar-refractivity contribution in [1.29, 1.82) is 0 Å². The molecule has 0 saturated carbocycles. The van der Waals surface area contributed by atoms with Gasteiger partial charge in [0.15, 0.2) is 6.10 Å². The first-order valence-electron chi connectivity index (χ1n) is 10.1. The number of rotatable bonds is 7. The van der Waals surface area contributed by atoms with Crippen molar-refractivity contribution in [3.8, 4) is 5.75 Å². The molecule has 1 atom stereocenters. The molecule has 2 amide bonds. The van der Waals surface area contributed by atoms with E-state index in [9.17, 15) is 14.4 Å². The molecule has 0 spiro atoms. The van der Waals surface area contributed by atoms with E-state index >= 15 is 0 Å². The van der Waals surface area contributed by atoms with Gasteiger partial charge in [-0.25, -0.2) is 4.79 Å². The zero-order chi connectivity index (χ0) is 24.0. The van der Waals surface area contributed by atoms with Crippen LogP contribution < -0.4 is 15.4 Å². The molecule has 33 heavy (non-hydrogen) atoms. The number of aryl methyl sites for hydroxylation is 1. The Balaban J connectivity index is 1.62. The summed E-state index contributed by atoms with van der Waals surface area (Å²) in [5.41, 5.74) is 2.28. The number of anilines is 2. The number of methoxy groups -OCH3 is 1. The third-order valence-corrected chi connectivity index (χ3v) is 5.04. The molecule has 0 aliphatic rings. The maximum Gasteiger partial charge on any atom is 0.339 e. The van der Waals surface area contributed by atoms with Gasteiger partial charge in [0.1, 0.15) is 5.75 Å². The Morgan fingerprint density at radius 2 is 1.64 bits per heavy atom. The highest BCUT2D eigenvalue weighted by Gasteiger charge is 2.17. The molecule has 0 radical (unpaired) electrons. The van der Waals surface area contributed by atoms with E-state index in [0.717, 1.165) is 5.56 Å². The first-order chi connectivity index (χ1) is 15.8. The summed E-state index contributed by atoms with van der Waals surface area (Å²) in [5.74, 6) is -0.719. The number of nitrogens with one attached hydrogen (secondary N) is 2. The standard InChI is InChI=1S/C25H23ClN2O5/c1-15-14-18(26)10-13-22(15)33-16(2)23(29)27-19-11-8-17(9-12-19)24(30)28-21-7-5-4-6-20(21)25(31)32-3/h4-14,16H,1-3H3,(H,27,29)(H,28,30)/t16-/m1/s1. The Morgan fingerprint density at radius 1 is 0.939 bits per heavy atom. The van der Waals surface area contributed by atoms with Crippen molar-refractivity contribution in [2.24, 2.45) is 0 Å². The largest absolute Gasteiger partial charge is 0.481 e. The van der Waals surface area contributed by atoms with Gasteiger partial charge in [-0.05, 0) is 74.0 Å². The van der Waals surface area contributed by atoms with Crippen LogP contribution >= 0.6 is 11.6 Å². The molecule has 0 heterocycles. The third-order valence-electron chi connectivity index (χ3n) is 4.81. The van der Waals surface area contributed by atoms with E-state index in [1.54, 1.807) is 73.7 Å². The molecule has 0 bridgehead atoms. The van der Waals surface area contributed by atoms with Crippen LogP contribution in [0.15, 0.2) is 66.7 Å². The van der Waals surface area contributed by atoms with Crippen molar-refractivity contribution in [1.82, 2.24) is 0 Å². The van der Waals surface area contributed by atoms with E-state index in [0.29, 0.717) is 27.7 Å². The highest BCUT2D eigenvalue weighted by molar-refractivity contribution is 6.30. The monoisotopic (exact) mass is 466 g/mol. The number of esters is 1. The fraction of sp³-hybridized carbons (Fsp3) is 0.160. The summed E-state index contributed by atoms with van der Waals surface area (Å²) in [7, 11) is 1.27. The van der Waals surface area contributed by atoms with Crippen LogP contribution in [0.3, 0.4) is 0 Å². The van der Waals surface area contributed by atoms with Gasteiger partial charge in [0, 0.05) is 16.3 Å². The summed E-state index contributed by atoms with van der Waals surface area (Å²) in [5, 5.41) is 6.05. The molecule has 0 unspecified atom stereocenters. The first-order valence-corrected chi connectivity index (χ1v) is 10.5. The molecule has 3 aromatic carbocycles. The fourth-order valence-corrected chi connectivity index (χ4v) is 3.24. The Bertz CT molecular complexity index is 1180. The molecule has 0 aromatic heterocycles. The second-order valence-corrected chi connectivity index (χ2v) is 7.66. The second kappa shape index (κ2) is 10.7. The van der Waals surface area contributed by atoms with Crippen LogP contribution in [-0.2, 0) is 9.53 Å². The Kier molecular flexibility index (Phi) is 7.69. The van der Waals surface area contributed by atoms with Crippen molar-refractivity contribution in [2.75, 3.05) is 17.7 Å². The van der Waals surface area contributed by atoms with E-state index in [4.69, 9.17) is 21.1 Å². The third kappa shape index (κ3) is 6.11. The first kappa shape index (κ1) is 23.8. The van der Waals surface area contributed by atoms with Gasteiger partial charge in [-0.15, -0.1) is 0 Å². The topological polar surface area (TPSA) is 93.7 Å². The maximum absolute atomic E-state index is 12.6. The van der Waals surface area contributed by atoms with E-state index in [-0.39, 0.29) is 11.5 Å². The highest BCUT2D eigenvalue weighted by atomic mass is 35.5. The highest BCUT2D eigenvalue weighted by Crippen LogP contribution is 2.23. The van der Waals surface area contributed by atoms with Crippen molar-refractivity contribution in [3.05, 3.63) is 88.4 Å². The normalized spacial score (nSPS) is 11.3. The Hall–Kier alpha value is -3.84. The number of hydrogen-bond acceptors (Lipinski definition) is 5. The van der Waals surface area contributed by atoms with Crippen molar-refractivity contribution in [2.45, 2.75) is 20.0 Å². The average Bonchev–Trinajstić information content (AvgIpc) is 2.81. The molecule has 3 rings (SSSR count). The summed E-state index contributed by atoms with van der Waals surface area (Å²) >= 11 is 5.95. The van der Waals surface area contributed by atoms with Gasteiger partial charge >= 0.3 is 5.97 Å². The molecular formula is C25H23ClN2O5. The lowest BCUT2D eigenvalue weighted by atomic mass is 10.1. The number of hydrogen-bond donors (Lipinski definition) is 2. The van der Waals surface area contributed by atoms with E-state index < -0.39 is 18.0 Å². The lowest BCUT2D eigenvalue weighted by Gasteiger charge is -2.16. The van der Waals surface area contributed by atoms with Gasteiger partial charge in [0.25, 0.3) is 11.8 Å². The maximum atomic E-state index is 12.6. The van der Waals surface area contributed by atoms with E-state index in [2.05, 4.69) is 10.6 Å². The molecule has 2 N–H and O–H groups in total. The summed E-state index contributed by atoms with van der Waals surface area (Å²) in [6.07, 6.45) is -0.748. The minimum Gasteiger partial charge on any atom is -0.481 e. The molecule has 8 heteroatoms. The Labute approximate surface area is 196 Å². The van der Waals surface area contributed by atoms with Crippen molar-refractivity contribution >= 4 is 40.8 Å². The van der Waals surface area contributed by atoms with Crippen LogP contribution in [-0.4, -0.2) is 31.0 Å². The molecule has 7 nitrogen and oxygen atoms in total. The van der Waals surface area contributed by atoms with Crippen LogP contribution in [0.1, 0.15) is 33.2 Å². The van der Waals surface area contributed by atoms with Crippen LogP contribution in [0.5, 0.6) is 5.75 Å². The second-order valence-electron chi connectivity index (χ2n) is 7.23. The van der Waals surface area contributed by atoms with Crippen molar-refractivity contribution < 1.29 is 23.9 Å². The average molecular weight is 467 g/mol. The number of carbonyl (C=O) groups is 3. The Morgan fingerprint density at radius 3 is 2.30 bits per heavy atom. The smallest absolute Gasteiger partial charge is 0.339 e. The van der Waals surface area contributed by atoms with Gasteiger partial charge in [0.05, 0.1) is 18.4 Å². The number of ether oxygens (including phenoxy) is 2. The number of halogens is 1. The van der Waals surface area contributed by atoms with Gasteiger partial charge in [-0.1, -0.05) is 23.7 Å². The molecule has 0 fully saturated rings. The molecule has 0 aliphatic heterocycles.